The molecule has 0 saturated carbocycles. The van der Waals surface area contributed by atoms with E-state index in [1.807, 2.05) is 0 Å². The summed E-state index contributed by atoms with van der Waals surface area (Å²) < 4.78 is 0. The van der Waals surface area contributed by atoms with Gasteiger partial charge in [0, 0.05) is 0 Å². The van der Waals surface area contributed by atoms with Crippen molar-refractivity contribution in [2.75, 3.05) is 0 Å². The van der Waals surface area contributed by atoms with Crippen molar-refractivity contribution < 1.29 is 0 Å². The van der Waals surface area contributed by atoms with E-state index in [4.69, 9.17) is 0 Å². The first-order chi connectivity index (χ1) is 7.00. The first-order valence-corrected chi connectivity index (χ1v) is 5.62. The number of rotatable bonds is 0. The van der Waals surface area contributed by atoms with Gasteiger partial charge in [0.05, 0.1) is 0 Å². The molecular formula is C14H20. The van der Waals surface area contributed by atoms with Crippen molar-refractivity contribution in [3.05, 3.63) is 48.6 Å². The highest BCUT2D eigenvalue weighted by molar-refractivity contribution is 5.04. The molecule has 14 heavy (non-hydrogen) atoms. The third kappa shape index (κ3) is 6.47. The van der Waals surface area contributed by atoms with Crippen LogP contribution in [-0.4, -0.2) is 0 Å². The van der Waals surface area contributed by atoms with Gasteiger partial charge in [0.25, 0.3) is 0 Å². The van der Waals surface area contributed by atoms with Gasteiger partial charge in [0.15, 0.2) is 0 Å². The van der Waals surface area contributed by atoms with Gasteiger partial charge in [0.2, 0.25) is 0 Å². The number of hydrogen-bond acceptors (Lipinski definition) is 0. The van der Waals surface area contributed by atoms with E-state index in [9.17, 15) is 0 Å². The van der Waals surface area contributed by atoms with Gasteiger partial charge in [-0.05, 0) is 38.5 Å². The molecule has 0 N–H and O–H groups in total. The third-order valence-corrected chi connectivity index (χ3v) is 2.22. The molecule has 0 saturated heterocycles. The topological polar surface area (TPSA) is 0 Å². The number of allylic oxidation sites excluding steroid dienone is 8. The van der Waals surface area contributed by atoms with Crippen LogP contribution < -0.4 is 0 Å². The Morgan fingerprint density at radius 2 is 0.643 bits per heavy atom. The Hall–Kier alpha value is -1.04. The number of hydrogen-bond donors (Lipinski definition) is 0. The van der Waals surface area contributed by atoms with Gasteiger partial charge >= 0.3 is 0 Å². The van der Waals surface area contributed by atoms with Crippen LogP contribution in [-0.2, 0) is 0 Å². The Kier molecular flexibility index (Phi) is 6.74. The van der Waals surface area contributed by atoms with Crippen LogP contribution in [0, 0.1) is 0 Å². The summed E-state index contributed by atoms with van der Waals surface area (Å²) in [5, 5.41) is 0. The maximum absolute atomic E-state index is 2.29. The standard InChI is InChI=1S/C14H20/c1-2-4-6-8-10-12-14-13-11-9-7-5-3-1/h1-4,9-12H,5-8,13-14H2/b3-1+,4-2+,11-9+,12-10?. The quantitative estimate of drug-likeness (QED) is 0.489. The molecule has 0 unspecified atom stereocenters. The first kappa shape index (κ1) is 11.0. The van der Waals surface area contributed by atoms with Gasteiger partial charge < -0.3 is 0 Å². The van der Waals surface area contributed by atoms with Crippen LogP contribution in [0.5, 0.6) is 0 Å². The second kappa shape index (κ2) is 8.55. The zero-order chi connectivity index (χ0) is 9.90. The molecule has 0 aliphatic heterocycles. The largest absolute Gasteiger partial charge is 0.0882 e. The van der Waals surface area contributed by atoms with E-state index in [1.54, 1.807) is 0 Å². The van der Waals surface area contributed by atoms with Crippen molar-refractivity contribution in [3.8, 4) is 0 Å². The fourth-order valence-corrected chi connectivity index (χ4v) is 1.40. The molecule has 0 aromatic heterocycles. The Balaban J connectivity index is 2.34. The highest BCUT2D eigenvalue weighted by Gasteiger charge is 1.80. The molecule has 0 nitrogen and oxygen atoms in total. The fourth-order valence-electron chi connectivity index (χ4n) is 1.40. The van der Waals surface area contributed by atoms with E-state index in [1.165, 1.54) is 25.7 Å². The average molecular weight is 188 g/mol. The first-order valence-electron chi connectivity index (χ1n) is 5.62. The van der Waals surface area contributed by atoms with Crippen LogP contribution in [0.25, 0.3) is 0 Å². The highest BCUT2D eigenvalue weighted by Crippen LogP contribution is 2.01. The van der Waals surface area contributed by atoms with Gasteiger partial charge in [-0.1, -0.05) is 48.6 Å². The van der Waals surface area contributed by atoms with Crippen LogP contribution in [0.2, 0.25) is 0 Å². The van der Waals surface area contributed by atoms with E-state index in [0.717, 1.165) is 12.8 Å². The van der Waals surface area contributed by atoms with Crippen molar-refractivity contribution in [2.45, 2.75) is 38.5 Å². The molecule has 0 aromatic carbocycles. The molecule has 0 heteroatoms. The molecule has 0 aromatic rings. The predicted octanol–water partition coefficient (Wildman–Crippen LogP) is 4.57. The Morgan fingerprint density at radius 1 is 0.357 bits per heavy atom. The van der Waals surface area contributed by atoms with E-state index in [0.29, 0.717) is 0 Å². The van der Waals surface area contributed by atoms with Crippen LogP contribution in [0.15, 0.2) is 48.6 Å². The molecular weight excluding hydrogens is 168 g/mol. The molecule has 0 fully saturated rings. The summed E-state index contributed by atoms with van der Waals surface area (Å²) in [4.78, 5) is 0. The minimum atomic E-state index is 1.16. The molecule has 0 spiro atoms. The lowest BCUT2D eigenvalue weighted by molar-refractivity contribution is 0.983. The summed E-state index contributed by atoms with van der Waals surface area (Å²) in [6.45, 7) is 0. The maximum Gasteiger partial charge on any atom is -0.0313 e. The molecule has 1 aliphatic rings. The SMILES string of the molecule is C1=CCC/C=C/CC/C=C/C=C/CC1. The fraction of sp³-hybridized carbons (Fsp3) is 0.429. The summed E-state index contributed by atoms with van der Waals surface area (Å²) in [7, 11) is 0. The molecule has 1 rings (SSSR count). The second-order valence-electron chi connectivity index (χ2n) is 3.53. The molecule has 0 bridgehead atoms. The van der Waals surface area contributed by atoms with Crippen LogP contribution in [0.4, 0.5) is 0 Å². The maximum atomic E-state index is 2.29. The van der Waals surface area contributed by atoms with Gasteiger partial charge in [0.1, 0.15) is 0 Å². The summed E-state index contributed by atoms with van der Waals surface area (Å²) in [5.41, 5.74) is 0. The molecule has 1 aliphatic carbocycles. The summed E-state index contributed by atoms with van der Waals surface area (Å²) >= 11 is 0. The zero-order valence-corrected chi connectivity index (χ0v) is 8.86. The van der Waals surface area contributed by atoms with Crippen molar-refractivity contribution in [1.82, 2.24) is 0 Å². The predicted molar refractivity (Wildman–Crippen MR) is 64.3 cm³/mol. The normalized spacial score (nSPS) is 26.3. The Labute approximate surface area is 87.7 Å². The van der Waals surface area contributed by atoms with E-state index in [-0.39, 0.29) is 0 Å². The van der Waals surface area contributed by atoms with E-state index >= 15 is 0 Å². The lowest BCUT2D eigenvalue weighted by atomic mass is 10.2. The van der Waals surface area contributed by atoms with Gasteiger partial charge in [-0.25, -0.2) is 0 Å². The second-order valence-corrected chi connectivity index (χ2v) is 3.53. The van der Waals surface area contributed by atoms with Gasteiger partial charge in [-0.15, -0.1) is 0 Å². The van der Waals surface area contributed by atoms with E-state index < -0.39 is 0 Å². The highest BCUT2D eigenvalue weighted by atomic mass is 13.9. The van der Waals surface area contributed by atoms with Gasteiger partial charge in [-0.3, -0.25) is 0 Å². The zero-order valence-electron chi connectivity index (χ0n) is 8.86. The summed E-state index contributed by atoms with van der Waals surface area (Å²) in [5.74, 6) is 0. The lowest BCUT2D eigenvalue weighted by Crippen LogP contribution is -1.70. The van der Waals surface area contributed by atoms with Crippen LogP contribution >= 0.6 is 0 Å². The van der Waals surface area contributed by atoms with Crippen molar-refractivity contribution in [3.63, 3.8) is 0 Å². The van der Waals surface area contributed by atoms with Gasteiger partial charge in [-0.2, -0.15) is 0 Å². The Morgan fingerprint density at radius 3 is 1.00 bits per heavy atom. The van der Waals surface area contributed by atoms with E-state index in [2.05, 4.69) is 48.6 Å². The molecule has 76 valence electrons. The minimum Gasteiger partial charge on any atom is -0.0882 e. The molecule has 0 radical (unpaired) electrons. The smallest absolute Gasteiger partial charge is 0.0313 e. The molecule has 0 heterocycles. The average Bonchev–Trinajstić information content (AvgIpc) is 2.22. The summed E-state index contributed by atoms with van der Waals surface area (Å²) in [6.07, 6.45) is 25.0. The van der Waals surface area contributed by atoms with Crippen molar-refractivity contribution in [2.24, 2.45) is 0 Å². The summed E-state index contributed by atoms with van der Waals surface area (Å²) in [6, 6.07) is 0. The lowest BCUT2D eigenvalue weighted by Gasteiger charge is -1.90. The van der Waals surface area contributed by atoms with Crippen molar-refractivity contribution in [1.29, 1.82) is 0 Å². The monoisotopic (exact) mass is 188 g/mol. The van der Waals surface area contributed by atoms with Crippen molar-refractivity contribution >= 4 is 0 Å². The minimum absolute atomic E-state index is 1.16. The van der Waals surface area contributed by atoms with Crippen LogP contribution in [0.1, 0.15) is 38.5 Å². The third-order valence-electron chi connectivity index (χ3n) is 2.22. The molecule has 0 atom stereocenters. The molecule has 0 amide bonds. The Bertz CT molecular complexity index is 202. The van der Waals surface area contributed by atoms with Crippen LogP contribution in [0.3, 0.4) is 0 Å².